The van der Waals surface area contributed by atoms with E-state index in [4.69, 9.17) is 0 Å². The summed E-state index contributed by atoms with van der Waals surface area (Å²) in [5.74, 6) is -0.0309. The van der Waals surface area contributed by atoms with Gasteiger partial charge in [0.2, 0.25) is 5.91 Å². The van der Waals surface area contributed by atoms with Crippen LogP contribution < -0.4 is 10.9 Å². The van der Waals surface area contributed by atoms with Crippen LogP contribution in [0.2, 0.25) is 0 Å². The van der Waals surface area contributed by atoms with E-state index in [2.05, 4.69) is 5.32 Å². The largest absolute Gasteiger partial charge is 0.342 e. The number of nitrogens with zero attached hydrogens (tertiary/aromatic N) is 3. The molecule has 4 rings (SSSR count). The number of rotatable bonds is 7. The number of nitrogens with one attached hydrogen (secondary N) is 1. The van der Waals surface area contributed by atoms with E-state index >= 15 is 0 Å². The zero-order valence-electron chi connectivity index (χ0n) is 20.5. The molecule has 1 aliphatic carbocycles. The fourth-order valence-electron chi connectivity index (χ4n) is 4.59. The van der Waals surface area contributed by atoms with E-state index in [1.165, 1.54) is 35.7 Å². The van der Waals surface area contributed by atoms with Crippen LogP contribution >= 0.6 is 11.8 Å². The minimum absolute atomic E-state index is 0.0711. The van der Waals surface area contributed by atoms with Crippen molar-refractivity contribution in [3.63, 3.8) is 0 Å². The molecule has 2 aromatic carbocycles. The second-order valence-electron chi connectivity index (χ2n) is 8.97. The molecule has 184 valence electrons. The first kappa shape index (κ1) is 24.9. The van der Waals surface area contributed by atoms with Crippen LogP contribution in [0, 0.1) is 6.92 Å². The Kier molecular flexibility index (Phi) is 7.80. The standard InChI is InChI=1S/C27H32N4O3S/c1-19-25(27(34)31(30(19)3)21-14-8-5-9-15-21)28-26(33)22-16-10-11-17-23(22)35-18-24(32)29(2)20-12-6-4-7-13-20/h5,8-11,14-17,20H,4,6-7,12-13,18H2,1-3H3,(H,28,33). The highest BCUT2D eigenvalue weighted by molar-refractivity contribution is 8.00. The van der Waals surface area contributed by atoms with Gasteiger partial charge in [-0.05, 0) is 44.0 Å². The van der Waals surface area contributed by atoms with Crippen LogP contribution in [0.15, 0.2) is 64.3 Å². The summed E-state index contributed by atoms with van der Waals surface area (Å²) >= 11 is 1.36. The molecule has 35 heavy (non-hydrogen) atoms. The Morgan fingerprint density at radius 2 is 1.69 bits per heavy atom. The van der Waals surface area contributed by atoms with E-state index in [0.717, 1.165) is 18.5 Å². The Labute approximate surface area is 210 Å². The molecule has 1 aliphatic rings. The second kappa shape index (κ2) is 11.0. The number of carbonyl (C=O) groups is 2. The molecular weight excluding hydrogens is 460 g/mol. The van der Waals surface area contributed by atoms with Gasteiger partial charge in [-0.3, -0.25) is 19.1 Å². The molecule has 0 saturated heterocycles. The number of anilines is 1. The number of hydrogen-bond donors (Lipinski definition) is 1. The molecule has 1 heterocycles. The number of carbonyl (C=O) groups excluding carboxylic acids is 2. The van der Waals surface area contributed by atoms with Gasteiger partial charge in [0.25, 0.3) is 11.5 Å². The third-order valence-corrected chi connectivity index (χ3v) is 7.85. The van der Waals surface area contributed by atoms with Crippen LogP contribution in [0.3, 0.4) is 0 Å². The van der Waals surface area contributed by atoms with Gasteiger partial charge in [0.05, 0.1) is 22.7 Å². The van der Waals surface area contributed by atoms with E-state index in [-0.39, 0.29) is 28.8 Å². The molecule has 0 radical (unpaired) electrons. The predicted molar refractivity (Wildman–Crippen MR) is 141 cm³/mol. The molecule has 0 atom stereocenters. The first-order chi connectivity index (χ1) is 16.9. The Morgan fingerprint density at radius 3 is 2.40 bits per heavy atom. The SMILES string of the molecule is Cc1c(NC(=O)c2ccccc2SCC(=O)N(C)C2CCCCC2)c(=O)n(-c2ccccc2)n1C. The van der Waals surface area contributed by atoms with E-state index in [0.29, 0.717) is 22.2 Å². The Hall–Kier alpha value is -3.26. The van der Waals surface area contributed by atoms with Crippen molar-refractivity contribution in [1.82, 2.24) is 14.3 Å². The first-order valence-electron chi connectivity index (χ1n) is 12.0. The molecule has 1 fully saturated rings. The summed E-state index contributed by atoms with van der Waals surface area (Å²) in [7, 11) is 3.67. The lowest BCUT2D eigenvalue weighted by molar-refractivity contribution is -0.129. The maximum absolute atomic E-state index is 13.2. The number of para-hydroxylation sites is 1. The summed E-state index contributed by atoms with van der Waals surface area (Å²) in [4.78, 5) is 41.8. The third kappa shape index (κ3) is 5.37. The number of hydrogen-bond acceptors (Lipinski definition) is 4. The van der Waals surface area contributed by atoms with Gasteiger partial charge in [0.1, 0.15) is 5.69 Å². The molecule has 0 unspecified atom stereocenters. The van der Waals surface area contributed by atoms with Crippen molar-refractivity contribution < 1.29 is 9.59 Å². The lowest BCUT2D eigenvalue weighted by Crippen LogP contribution is -2.39. The molecule has 0 bridgehead atoms. The van der Waals surface area contributed by atoms with Crippen molar-refractivity contribution in [2.75, 3.05) is 18.1 Å². The molecule has 1 N–H and O–H groups in total. The normalized spacial score (nSPS) is 14.0. The van der Waals surface area contributed by atoms with Crippen LogP contribution in [0.25, 0.3) is 5.69 Å². The van der Waals surface area contributed by atoms with Gasteiger partial charge in [-0.25, -0.2) is 4.68 Å². The van der Waals surface area contributed by atoms with Crippen molar-refractivity contribution in [3.05, 3.63) is 76.2 Å². The van der Waals surface area contributed by atoms with Crippen LogP contribution in [-0.2, 0) is 11.8 Å². The van der Waals surface area contributed by atoms with Crippen molar-refractivity contribution >= 4 is 29.3 Å². The van der Waals surface area contributed by atoms with E-state index in [9.17, 15) is 14.4 Å². The highest BCUT2D eigenvalue weighted by atomic mass is 32.2. The zero-order chi connectivity index (χ0) is 24.9. The molecule has 1 aromatic heterocycles. The van der Waals surface area contributed by atoms with Gasteiger partial charge < -0.3 is 10.2 Å². The summed E-state index contributed by atoms with van der Waals surface area (Å²) in [6, 6.07) is 16.8. The van der Waals surface area contributed by atoms with Gasteiger partial charge in [0, 0.05) is 25.0 Å². The second-order valence-corrected chi connectivity index (χ2v) is 9.99. The fourth-order valence-corrected chi connectivity index (χ4v) is 5.56. The third-order valence-electron chi connectivity index (χ3n) is 6.79. The average Bonchev–Trinajstić information content (AvgIpc) is 3.10. The Morgan fingerprint density at radius 1 is 1.03 bits per heavy atom. The monoisotopic (exact) mass is 492 g/mol. The van der Waals surface area contributed by atoms with Crippen molar-refractivity contribution in [2.45, 2.75) is 50.0 Å². The quantitative estimate of drug-likeness (QED) is 0.489. The summed E-state index contributed by atoms with van der Waals surface area (Å²) in [6.45, 7) is 1.80. The Bertz CT molecular complexity index is 1260. The summed E-state index contributed by atoms with van der Waals surface area (Å²) in [5, 5.41) is 2.83. The zero-order valence-corrected chi connectivity index (χ0v) is 21.3. The average molecular weight is 493 g/mol. The van der Waals surface area contributed by atoms with Crippen LogP contribution in [0.5, 0.6) is 0 Å². The maximum Gasteiger partial charge on any atom is 0.295 e. The van der Waals surface area contributed by atoms with E-state index in [1.807, 2.05) is 54.4 Å². The summed E-state index contributed by atoms with van der Waals surface area (Å²) in [6.07, 6.45) is 5.70. The predicted octanol–water partition coefficient (Wildman–Crippen LogP) is 4.62. The van der Waals surface area contributed by atoms with Gasteiger partial charge in [-0.15, -0.1) is 11.8 Å². The van der Waals surface area contributed by atoms with Gasteiger partial charge >= 0.3 is 0 Å². The molecule has 3 aromatic rings. The van der Waals surface area contributed by atoms with Gasteiger partial charge in [-0.1, -0.05) is 49.6 Å². The molecule has 8 heteroatoms. The number of amides is 2. The van der Waals surface area contributed by atoms with E-state index in [1.54, 1.807) is 30.8 Å². The Balaban J connectivity index is 1.50. The molecular formula is C27H32N4O3S. The summed E-state index contributed by atoms with van der Waals surface area (Å²) < 4.78 is 3.26. The van der Waals surface area contributed by atoms with Gasteiger partial charge in [-0.2, -0.15) is 0 Å². The maximum atomic E-state index is 13.2. The summed E-state index contributed by atoms with van der Waals surface area (Å²) in [5.41, 5.74) is 1.77. The highest BCUT2D eigenvalue weighted by Crippen LogP contribution is 2.26. The number of thioether (sulfide) groups is 1. The molecule has 7 nitrogen and oxygen atoms in total. The van der Waals surface area contributed by atoms with Gasteiger partial charge in [0.15, 0.2) is 0 Å². The minimum atomic E-state index is -0.368. The topological polar surface area (TPSA) is 76.3 Å². The van der Waals surface area contributed by atoms with Crippen molar-refractivity contribution in [2.24, 2.45) is 7.05 Å². The minimum Gasteiger partial charge on any atom is -0.342 e. The smallest absolute Gasteiger partial charge is 0.295 e. The molecule has 1 saturated carbocycles. The molecule has 0 aliphatic heterocycles. The van der Waals surface area contributed by atoms with Crippen molar-refractivity contribution in [1.29, 1.82) is 0 Å². The fraction of sp³-hybridized carbons (Fsp3) is 0.370. The van der Waals surface area contributed by atoms with Crippen LogP contribution in [0.4, 0.5) is 5.69 Å². The molecule has 0 spiro atoms. The number of aromatic nitrogens is 2. The number of benzene rings is 2. The van der Waals surface area contributed by atoms with Crippen molar-refractivity contribution in [3.8, 4) is 5.69 Å². The van der Waals surface area contributed by atoms with Crippen LogP contribution in [0.1, 0.15) is 48.2 Å². The highest BCUT2D eigenvalue weighted by Gasteiger charge is 2.23. The molecule has 2 amide bonds. The lowest BCUT2D eigenvalue weighted by Gasteiger charge is -2.31. The first-order valence-corrected chi connectivity index (χ1v) is 13.0. The van der Waals surface area contributed by atoms with Crippen LogP contribution in [-0.4, -0.2) is 44.9 Å². The van der Waals surface area contributed by atoms with E-state index < -0.39 is 0 Å². The lowest BCUT2D eigenvalue weighted by atomic mass is 9.94.